The molecule has 1 aliphatic rings. The van der Waals surface area contributed by atoms with Crippen molar-refractivity contribution in [1.82, 2.24) is 30.8 Å². The van der Waals surface area contributed by atoms with Crippen LogP contribution in [0.15, 0.2) is 23.5 Å². The minimum atomic E-state index is -0.478. The number of guanidine groups is 1. The summed E-state index contributed by atoms with van der Waals surface area (Å²) < 4.78 is 5.22. The molecule has 0 saturated carbocycles. The van der Waals surface area contributed by atoms with Crippen LogP contribution >= 0.6 is 0 Å². The fraction of sp³-hybridized carbons (Fsp3) is 0.727. The molecule has 0 aromatic carbocycles. The van der Waals surface area contributed by atoms with Gasteiger partial charge in [-0.25, -0.2) is 14.8 Å². The summed E-state index contributed by atoms with van der Waals surface area (Å²) in [5.74, 6) is 1.64. The first-order valence-corrected chi connectivity index (χ1v) is 11.6. The van der Waals surface area contributed by atoms with Crippen molar-refractivity contribution in [3.8, 4) is 0 Å². The van der Waals surface area contributed by atoms with E-state index in [9.17, 15) is 4.79 Å². The van der Waals surface area contributed by atoms with E-state index in [2.05, 4.69) is 47.6 Å². The summed E-state index contributed by atoms with van der Waals surface area (Å²) in [4.78, 5) is 29.6. The first-order valence-electron chi connectivity index (χ1n) is 11.6. The highest BCUT2D eigenvalue weighted by atomic mass is 16.6. The zero-order chi connectivity index (χ0) is 23.2. The molecular weight excluding hydrogens is 408 g/mol. The molecule has 0 atom stereocenters. The van der Waals surface area contributed by atoms with E-state index in [1.165, 1.54) is 0 Å². The number of carbonyl (C=O) groups is 1. The van der Waals surface area contributed by atoms with E-state index in [-0.39, 0.29) is 6.09 Å². The highest BCUT2D eigenvalue weighted by molar-refractivity contribution is 5.79. The number of aromatic nitrogens is 2. The van der Waals surface area contributed by atoms with Crippen LogP contribution in [0.5, 0.6) is 0 Å². The molecular formula is C22H40N8O2. The van der Waals surface area contributed by atoms with E-state index < -0.39 is 5.60 Å². The summed E-state index contributed by atoms with van der Waals surface area (Å²) in [5.41, 5.74) is -0.478. The molecule has 1 aliphatic heterocycles. The van der Waals surface area contributed by atoms with Gasteiger partial charge in [0.2, 0.25) is 5.95 Å². The van der Waals surface area contributed by atoms with E-state index >= 15 is 0 Å². The van der Waals surface area contributed by atoms with Gasteiger partial charge in [0, 0.05) is 64.8 Å². The van der Waals surface area contributed by atoms with Crippen LogP contribution in [0.25, 0.3) is 0 Å². The Bertz CT molecular complexity index is 685. The third-order valence-electron chi connectivity index (χ3n) is 4.77. The van der Waals surface area contributed by atoms with Gasteiger partial charge in [0.25, 0.3) is 0 Å². The molecule has 3 N–H and O–H groups in total. The summed E-state index contributed by atoms with van der Waals surface area (Å²) in [6.07, 6.45) is 5.00. The molecule has 1 aromatic rings. The molecule has 180 valence electrons. The Hall–Kier alpha value is -2.62. The third kappa shape index (κ3) is 10.6. The molecule has 0 aliphatic carbocycles. The average Bonchev–Trinajstić information content (AvgIpc) is 2.76. The lowest BCUT2D eigenvalue weighted by molar-refractivity contribution is 0.0527. The number of rotatable bonds is 10. The van der Waals surface area contributed by atoms with Crippen molar-refractivity contribution in [1.29, 1.82) is 0 Å². The van der Waals surface area contributed by atoms with Crippen molar-refractivity contribution in [2.75, 3.05) is 63.8 Å². The van der Waals surface area contributed by atoms with Gasteiger partial charge >= 0.3 is 6.09 Å². The van der Waals surface area contributed by atoms with E-state index in [1.54, 1.807) is 12.4 Å². The molecule has 0 radical (unpaired) electrons. The van der Waals surface area contributed by atoms with Gasteiger partial charge < -0.3 is 25.6 Å². The van der Waals surface area contributed by atoms with Gasteiger partial charge in [0.05, 0.1) is 0 Å². The van der Waals surface area contributed by atoms with Crippen LogP contribution in [0.3, 0.4) is 0 Å². The Labute approximate surface area is 192 Å². The van der Waals surface area contributed by atoms with Crippen molar-refractivity contribution in [2.24, 2.45) is 4.99 Å². The third-order valence-corrected chi connectivity index (χ3v) is 4.77. The smallest absolute Gasteiger partial charge is 0.407 e. The van der Waals surface area contributed by atoms with Crippen LogP contribution < -0.4 is 20.9 Å². The topological polar surface area (TPSA) is 107 Å². The van der Waals surface area contributed by atoms with Crippen molar-refractivity contribution < 1.29 is 9.53 Å². The van der Waals surface area contributed by atoms with Crippen LogP contribution in [0.4, 0.5) is 10.7 Å². The lowest BCUT2D eigenvalue weighted by atomic mass is 10.2. The minimum Gasteiger partial charge on any atom is -0.444 e. The molecule has 0 spiro atoms. The molecule has 2 rings (SSSR count). The minimum absolute atomic E-state index is 0.386. The Morgan fingerprint density at radius 3 is 2.41 bits per heavy atom. The SMILES string of the molecule is CCNC(=NCCCNC(=O)OC(C)(C)C)NCCCN1CCN(c2ncccn2)CC1. The van der Waals surface area contributed by atoms with Gasteiger partial charge in [0.1, 0.15) is 5.60 Å². The Balaban J connectivity index is 1.58. The fourth-order valence-corrected chi connectivity index (χ4v) is 3.25. The van der Waals surface area contributed by atoms with Crippen LogP contribution in [0.2, 0.25) is 0 Å². The molecule has 1 aromatic heterocycles. The molecule has 32 heavy (non-hydrogen) atoms. The number of hydrogen-bond acceptors (Lipinski definition) is 7. The van der Waals surface area contributed by atoms with Crippen LogP contribution in [-0.2, 0) is 4.74 Å². The maximum atomic E-state index is 11.6. The molecule has 0 bridgehead atoms. The summed E-state index contributed by atoms with van der Waals surface area (Å²) in [5, 5.41) is 9.42. The number of alkyl carbamates (subject to hydrolysis) is 1. The summed E-state index contributed by atoms with van der Waals surface area (Å²) >= 11 is 0. The number of ether oxygens (including phenoxy) is 1. The number of nitrogens with zero attached hydrogens (tertiary/aromatic N) is 5. The fourth-order valence-electron chi connectivity index (χ4n) is 3.25. The van der Waals surface area contributed by atoms with Gasteiger partial charge in [0.15, 0.2) is 5.96 Å². The standard InChI is InChI=1S/C22H40N8O2/c1-5-23-19(24-9-6-12-28-21(31)32-22(2,3)4)25-13-8-14-29-15-17-30(18-16-29)20-26-10-7-11-27-20/h7,10-11H,5-6,8-9,12-18H2,1-4H3,(H,28,31)(H2,23,24,25). The Morgan fingerprint density at radius 1 is 1.06 bits per heavy atom. The predicted octanol–water partition coefficient (Wildman–Crippen LogP) is 1.46. The lowest BCUT2D eigenvalue weighted by Crippen LogP contribution is -2.47. The molecule has 1 amide bonds. The number of nitrogens with one attached hydrogen (secondary N) is 3. The van der Waals surface area contributed by atoms with E-state index in [4.69, 9.17) is 4.74 Å². The van der Waals surface area contributed by atoms with E-state index in [0.717, 1.165) is 70.6 Å². The second-order valence-electron chi connectivity index (χ2n) is 8.70. The maximum absolute atomic E-state index is 11.6. The van der Waals surface area contributed by atoms with Crippen molar-refractivity contribution in [2.45, 2.75) is 46.1 Å². The van der Waals surface area contributed by atoms with Gasteiger partial charge in [-0.05, 0) is 53.1 Å². The zero-order valence-electron chi connectivity index (χ0n) is 20.1. The molecule has 2 heterocycles. The number of amides is 1. The largest absolute Gasteiger partial charge is 0.444 e. The highest BCUT2D eigenvalue weighted by Crippen LogP contribution is 2.09. The van der Waals surface area contributed by atoms with Crippen LogP contribution in [-0.4, -0.2) is 91.4 Å². The van der Waals surface area contributed by atoms with Crippen molar-refractivity contribution in [3.05, 3.63) is 18.5 Å². The van der Waals surface area contributed by atoms with Crippen molar-refractivity contribution >= 4 is 18.0 Å². The van der Waals surface area contributed by atoms with Crippen LogP contribution in [0, 0.1) is 0 Å². The number of hydrogen-bond donors (Lipinski definition) is 3. The lowest BCUT2D eigenvalue weighted by Gasteiger charge is -2.34. The van der Waals surface area contributed by atoms with Crippen LogP contribution in [0.1, 0.15) is 40.5 Å². The maximum Gasteiger partial charge on any atom is 0.407 e. The monoisotopic (exact) mass is 448 g/mol. The zero-order valence-corrected chi connectivity index (χ0v) is 20.1. The van der Waals surface area contributed by atoms with Gasteiger partial charge in [-0.2, -0.15) is 0 Å². The van der Waals surface area contributed by atoms with E-state index in [1.807, 2.05) is 26.8 Å². The first kappa shape index (κ1) is 25.6. The molecule has 10 heteroatoms. The van der Waals surface area contributed by atoms with Gasteiger partial charge in [-0.3, -0.25) is 9.89 Å². The molecule has 0 unspecified atom stereocenters. The summed E-state index contributed by atoms with van der Waals surface area (Å²) in [7, 11) is 0. The predicted molar refractivity (Wildman–Crippen MR) is 128 cm³/mol. The normalized spacial score (nSPS) is 15.4. The number of aliphatic imine (C=N–C) groups is 1. The number of piperazine rings is 1. The van der Waals surface area contributed by atoms with Gasteiger partial charge in [-0.15, -0.1) is 0 Å². The van der Waals surface area contributed by atoms with Crippen molar-refractivity contribution in [3.63, 3.8) is 0 Å². The average molecular weight is 449 g/mol. The summed E-state index contributed by atoms with van der Waals surface area (Å²) in [6, 6.07) is 1.85. The van der Waals surface area contributed by atoms with Gasteiger partial charge in [-0.1, -0.05) is 0 Å². The van der Waals surface area contributed by atoms with E-state index in [0.29, 0.717) is 13.1 Å². The first-order chi connectivity index (χ1) is 15.4. The Kier molecular flexibility index (Phi) is 11.0. The quantitative estimate of drug-likeness (QED) is 0.281. The molecule has 1 saturated heterocycles. The Morgan fingerprint density at radius 2 is 1.75 bits per heavy atom. The number of anilines is 1. The second kappa shape index (κ2) is 13.7. The molecule has 1 fully saturated rings. The number of carbonyl (C=O) groups excluding carboxylic acids is 1. The molecule has 10 nitrogen and oxygen atoms in total. The summed E-state index contributed by atoms with van der Waals surface area (Å²) in [6.45, 7) is 15.5. The second-order valence-corrected chi connectivity index (χ2v) is 8.70. The highest BCUT2D eigenvalue weighted by Gasteiger charge is 2.18.